The van der Waals surface area contributed by atoms with E-state index >= 15 is 0 Å². The highest BCUT2D eigenvalue weighted by molar-refractivity contribution is 4.80. The van der Waals surface area contributed by atoms with Gasteiger partial charge in [-0.2, -0.15) is 5.26 Å². The lowest BCUT2D eigenvalue weighted by atomic mass is 10.1. The number of allylic oxidation sites excluding steroid dienone is 2. The van der Waals surface area contributed by atoms with E-state index < -0.39 is 0 Å². The van der Waals surface area contributed by atoms with Gasteiger partial charge in [-0.15, -0.1) is 0 Å². The summed E-state index contributed by atoms with van der Waals surface area (Å²) in [6.45, 7) is 2.21. The Morgan fingerprint density at radius 2 is 1.57 bits per heavy atom. The van der Waals surface area contributed by atoms with Crippen molar-refractivity contribution in [2.75, 3.05) is 0 Å². The van der Waals surface area contributed by atoms with Gasteiger partial charge in [0, 0.05) is 6.42 Å². The molecule has 0 aromatic carbocycles. The standard InChI is InChI=1S/C13H23N/c1-2-3-4-5-6-7-8-9-10-11-12-13-14/h4-5H,2-3,6-12H2,1H3/b5-4-. The van der Waals surface area contributed by atoms with Crippen LogP contribution in [0.4, 0.5) is 0 Å². The predicted molar refractivity (Wildman–Crippen MR) is 62.0 cm³/mol. The van der Waals surface area contributed by atoms with Crippen molar-refractivity contribution < 1.29 is 0 Å². The summed E-state index contributed by atoms with van der Waals surface area (Å²) in [4.78, 5) is 0. The number of unbranched alkanes of at least 4 members (excludes halogenated alkanes) is 7. The molecule has 1 nitrogen and oxygen atoms in total. The summed E-state index contributed by atoms with van der Waals surface area (Å²) in [6.07, 6.45) is 15.3. The number of hydrogen-bond acceptors (Lipinski definition) is 1. The Hall–Kier alpha value is -0.770. The van der Waals surface area contributed by atoms with Crippen molar-refractivity contribution in [2.45, 2.75) is 64.7 Å². The fourth-order valence-corrected chi connectivity index (χ4v) is 1.40. The first-order valence-corrected chi connectivity index (χ1v) is 5.93. The molecule has 1 heteroatoms. The molecule has 0 bridgehead atoms. The topological polar surface area (TPSA) is 23.8 Å². The molecule has 80 valence electrons. The third-order valence-corrected chi connectivity index (χ3v) is 2.28. The normalized spacial score (nSPS) is 10.6. The Morgan fingerprint density at radius 1 is 0.929 bits per heavy atom. The molecule has 0 atom stereocenters. The third kappa shape index (κ3) is 11.2. The molecular weight excluding hydrogens is 170 g/mol. The lowest BCUT2D eigenvalue weighted by molar-refractivity contribution is 0.623. The van der Waals surface area contributed by atoms with Gasteiger partial charge in [-0.1, -0.05) is 44.8 Å². The first-order chi connectivity index (χ1) is 6.91. The van der Waals surface area contributed by atoms with Gasteiger partial charge in [0.2, 0.25) is 0 Å². The second-order valence-electron chi connectivity index (χ2n) is 3.72. The molecule has 0 rings (SSSR count). The van der Waals surface area contributed by atoms with Crippen LogP contribution in [0, 0.1) is 11.3 Å². The van der Waals surface area contributed by atoms with Crippen molar-refractivity contribution in [2.24, 2.45) is 0 Å². The van der Waals surface area contributed by atoms with Crippen LogP contribution in [0.2, 0.25) is 0 Å². The minimum absolute atomic E-state index is 0.733. The van der Waals surface area contributed by atoms with E-state index in [9.17, 15) is 0 Å². The highest BCUT2D eigenvalue weighted by Crippen LogP contribution is 2.07. The van der Waals surface area contributed by atoms with Crippen molar-refractivity contribution in [1.29, 1.82) is 5.26 Å². The van der Waals surface area contributed by atoms with E-state index in [0.717, 1.165) is 12.8 Å². The Balaban J connectivity index is 2.96. The molecule has 0 saturated carbocycles. The first kappa shape index (κ1) is 13.2. The fourth-order valence-electron chi connectivity index (χ4n) is 1.40. The van der Waals surface area contributed by atoms with Crippen LogP contribution in [0.5, 0.6) is 0 Å². The van der Waals surface area contributed by atoms with E-state index in [1.54, 1.807) is 0 Å². The van der Waals surface area contributed by atoms with Crippen LogP contribution >= 0.6 is 0 Å². The number of nitriles is 1. The summed E-state index contributed by atoms with van der Waals surface area (Å²) in [5, 5.41) is 8.33. The highest BCUT2D eigenvalue weighted by atomic mass is 14.2. The zero-order valence-corrected chi connectivity index (χ0v) is 9.47. The van der Waals surface area contributed by atoms with Gasteiger partial charge in [-0.05, 0) is 25.7 Å². The summed E-state index contributed by atoms with van der Waals surface area (Å²) >= 11 is 0. The van der Waals surface area contributed by atoms with E-state index in [2.05, 4.69) is 25.1 Å². The van der Waals surface area contributed by atoms with Crippen LogP contribution in [0.1, 0.15) is 64.7 Å². The minimum Gasteiger partial charge on any atom is -0.198 e. The van der Waals surface area contributed by atoms with Crippen LogP contribution in [-0.2, 0) is 0 Å². The van der Waals surface area contributed by atoms with Crippen molar-refractivity contribution in [3.05, 3.63) is 12.2 Å². The van der Waals surface area contributed by atoms with Crippen LogP contribution in [0.3, 0.4) is 0 Å². The Kier molecular flexibility index (Phi) is 11.6. The molecule has 0 aliphatic carbocycles. The van der Waals surface area contributed by atoms with E-state index in [0.29, 0.717) is 0 Å². The summed E-state index contributed by atoms with van der Waals surface area (Å²) in [5.41, 5.74) is 0. The maximum Gasteiger partial charge on any atom is 0.0621 e. The van der Waals surface area contributed by atoms with Crippen LogP contribution in [0.25, 0.3) is 0 Å². The molecule has 0 heterocycles. The smallest absolute Gasteiger partial charge is 0.0621 e. The van der Waals surface area contributed by atoms with Gasteiger partial charge in [0.15, 0.2) is 0 Å². The molecule has 0 spiro atoms. The largest absolute Gasteiger partial charge is 0.198 e. The van der Waals surface area contributed by atoms with Crippen molar-refractivity contribution in [3.8, 4) is 6.07 Å². The molecular formula is C13H23N. The molecule has 14 heavy (non-hydrogen) atoms. The van der Waals surface area contributed by atoms with Gasteiger partial charge in [-0.25, -0.2) is 0 Å². The fraction of sp³-hybridized carbons (Fsp3) is 0.769. The molecule has 0 aliphatic heterocycles. The lowest BCUT2D eigenvalue weighted by Gasteiger charge is -1.96. The van der Waals surface area contributed by atoms with Gasteiger partial charge in [0.05, 0.1) is 6.07 Å². The Bertz CT molecular complexity index is 165. The maximum atomic E-state index is 8.33. The Labute approximate surface area is 88.8 Å². The lowest BCUT2D eigenvalue weighted by Crippen LogP contribution is -1.78. The number of hydrogen-bond donors (Lipinski definition) is 0. The van der Waals surface area contributed by atoms with Crippen molar-refractivity contribution in [3.63, 3.8) is 0 Å². The number of nitrogens with zero attached hydrogens (tertiary/aromatic N) is 1. The average Bonchev–Trinajstić information content (AvgIpc) is 2.21. The van der Waals surface area contributed by atoms with Gasteiger partial charge in [0.1, 0.15) is 0 Å². The Morgan fingerprint density at radius 3 is 2.29 bits per heavy atom. The molecule has 0 saturated heterocycles. The molecule has 0 unspecified atom stereocenters. The second-order valence-corrected chi connectivity index (χ2v) is 3.72. The SMILES string of the molecule is CCC/C=C\CCCCCCCC#N. The zero-order chi connectivity index (χ0) is 10.5. The van der Waals surface area contributed by atoms with Gasteiger partial charge in [0.25, 0.3) is 0 Å². The van der Waals surface area contributed by atoms with Crippen LogP contribution < -0.4 is 0 Å². The molecule has 0 amide bonds. The first-order valence-electron chi connectivity index (χ1n) is 5.93. The molecule has 0 aromatic rings. The predicted octanol–water partition coefficient (Wildman–Crippen LogP) is 4.60. The molecule has 0 N–H and O–H groups in total. The van der Waals surface area contributed by atoms with Crippen LogP contribution in [-0.4, -0.2) is 0 Å². The molecule has 0 aliphatic rings. The zero-order valence-electron chi connectivity index (χ0n) is 9.47. The van der Waals surface area contributed by atoms with Gasteiger partial charge >= 0.3 is 0 Å². The maximum absolute atomic E-state index is 8.33. The summed E-state index contributed by atoms with van der Waals surface area (Å²) in [7, 11) is 0. The third-order valence-electron chi connectivity index (χ3n) is 2.28. The summed E-state index contributed by atoms with van der Waals surface area (Å²) in [6, 6.07) is 2.18. The van der Waals surface area contributed by atoms with Crippen LogP contribution in [0.15, 0.2) is 12.2 Å². The minimum atomic E-state index is 0.733. The quantitative estimate of drug-likeness (QED) is 0.388. The second kappa shape index (κ2) is 12.2. The van der Waals surface area contributed by atoms with E-state index in [1.165, 1.54) is 44.9 Å². The van der Waals surface area contributed by atoms with Crippen molar-refractivity contribution >= 4 is 0 Å². The van der Waals surface area contributed by atoms with E-state index in [-0.39, 0.29) is 0 Å². The molecule has 0 fully saturated rings. The van der Waals surface area contributed by atoms with E-state index in [4.69, 9.17) is 5.26 Å². The summed E-state index contributed by atoms with van der Waals surface area (Å²) in [5.74, 6) is 0. The molecule has 0 aromatic heterocycles. The van der Waals surface area contributed by atoms with Gasteiger partial charge in [-0.3, -0.25) is 0 Å². The van der Waals surface area contributed by atoms with Crippen molar-refractivity contribution in [1.82, 2.24) is 0 Å². The van der Waals surface area contributed by atoms with Gasteiger partial charge < -0.3 is 0 Å². The number of rotatable bonds is 9. The average molecular weight is 193 g/mol. The highest BCUT2D eigenvalue weighted by Gasteiger charge is 1.88. The van der Waals surface area contributed by atoms with E-state index in [1.807, 2.05) is 0 Å². The monoisotopic (exact) mass is 193 g/mol. The molecule has 0 radical (unpaired) electrons. The summed E-state index contributed by atoms with van der Waals surface area (Å²) < 4.78 is 0.